The Morgan fingerprint density at radius 2 is 0.719 bits per heavy atom. The second kappa shape index (κ2) is 74.7. The highest BCUT2D eigenvalue weighted by Gasteiger charge is 2.11. The number of hydrazone groups is 1. The van der Waals surface area contributed by atoms with E-state index in [2.05, 4.69) is 30.2 Å². The molecule has 0 saturated heterocycles. The van der Waals surface area contributed by atoms with Crippen LogP contribution in [0.2, 0.25) is 0 Å². The van der Waals surface area contributed by atoms with Gasteiger partial charge in [-0.1, -0.05) is 122 Å². The highest BCUT2D eigenvalue weighted by molar-refractivity contribution is 5.78. The minimum atomic E-state index is -0.674. The Balaban J connectivity index is -0.0000000404. The largest absolute Gasteiger partial charge is 0.412 e. The van der Waals surface area contributed by atoms with Gasteiger partial charge in [0.1, 0.15) is 5.78 Å². The van der Waals surface area contributed by atoms with Gasteiger partial charge in [-0.3, -0.25) is 61.8 Å². The molecule has 0 spiro atoms. The fourth-order valence-corrected chi connectivity index (χ4v) is 1.49. The maximum atomic E-state index is 10.2. The summed E-state index contributed by atoms with van der Waals surface area (Å²) in [5.41, 5.74) is 2.61. The SMILES string of the molecule is C.C.CC.CC(C)=NN.CC(C)=O.CCC.CNN.C[N+](=O)[O-].C[N+](=O)[O-].C[N+](=O)[O-].O.O.O=[N+]([O-])c1cccc([N+](=O)[O-])c1.c1ccccc1.c1ccccc1. The summed E-state index contributed by atoms with van der Waals surface area (Å²) < 4.78 is 0. The third kappa shape index (κ3) is 171. The molecule has 3 aromatic carbocycles. The fourth-order valence-electron chi connectivity index (χ4n) is 1.49. The third-order valence-electron chi connectivity index (χ3n) is 2.84. The molecular formula is C35H71N9O13. The number of benzene rings is 3. The molecule has 0 aromatic heterocycles. The topological polar surface area (TPSA) is 372 Å². The molecule has 0 aliphatic heterocycles. The molecule has 9 N–H and O–H groups in total. The Morgan fingerprint density at radius 1 is 0.596 bits per heavy atom. The van der Waals surface area contributed by atoms with Gasteiger partial charge < -0.3 is 21.6 Å². The first kappa shape index (κ1) is 83.6. The van der Waals surface area contributed by atoms with Crippen LogP contribution in [0.5, 0.6) is 0 Å². The predicted molar refractivity (Wildman–Crippen MR) is 232 cm³/mol. The number of hydrazine groups is 1. The first-order valence-electron chi connectivity index (χ1n) is 15.3. The molecule has 0 saturated carbocycles. The normalized spacial score (nSPS) is 6.75. The standard InChI is InChI=1S/C6H4N2O4.2C6H6.C3H8N2.C3H6O.C3H8.C2H6.CH6N2.3CH3NO2.2CH4.2H2O/c9-7(10)5-2-1-3-6(4-5)8(11)12;2*1-2-4-6-5-3-1;1-3(2)5-4;1-3(2)4;1-3-2;1-2;1-3-2;3*1-2(3)4;;;;/h1-4H;2*1-6H;4H2,1-2H3;1-2H3;3H2,1-2H3;1-2H3;3H,2H2,1H3;3*1H3;2*1H4;2*1H2. The summed E-state index contributed by atoms with van der Waals surface area (Å²) in [6, 6.07) is 28.6. The Hall–Kier alpha value is -6.36. The van der Waals surface area contributed by atoms with Gasteiger partial charge in [0.2, 0.25) is 0 Å². The average Bonchev–Trinajstić information content (AvgIpc) is 3.08. The minimum Gasteiger partial charge on any atom is -0.412 e. The van der Waals surface area contributed by atoms with Crippen molar-refractivity contribution in [3.8, 4) is 0 Å². The van der Waals surface area contributed by atoms with E-state index in [9.17, 15) is 25.0 Å². The van der Waals surface area contributed by atoms with Crippen LogP contribution < -0.4 is 17.1 Å². The summed E-state index contributed by atoms with van der Waals surface area (Å²) in [6.45, 7) is 15.0. The van der Waals surface area contributed by atoms with E-state index in [0.717, 1.165) is 32.9 Å². The summed E-state index contributed by atoms with van der Waals surface area (Å²) in [6.07, 6.45) is 1.25. The smallest absolute Gasteiger partial charge is 0.276 e. The lowest BCUT2D eigenvalue weighted by Crippen LogP contribution is -2.13. The number of carbonyl (C=O) groups excluding carboxylic acids is 1. The number of carbonyl (C=O) groups is 1. The molecule has 0 aliphatic rings. The lowest BCUT2D eigenvalue weighted by Gasteiger charge is -1.90. The van der Waals surface area contributed by atoms with Crippen molar-refractivity contribution in [2.24, 2.45) is 16.8 Å². The first-order chi connectivity index (χ1) is 24.6. The van der Waals surface area contributed by atoms with Crippen LogP contribution in [-0.4, -0.2) is 75.3 Å². The van der Waals surface area contributed by atoms with Crippen molar-refractivity contribution in [2.75, 3.05) is 28.2 Å². The number of nitrogens with zero attached hydrogens (tertiary/aromatic N) is 6. The van der Waals surface area contributed by atoms with E-state index >= 15 is 0 Å². The lowest BCUT2D eigenvalue weighted by atomic mass is 10.3. The summed E-state index contributed by atoms with van der Waals surface area (Å²) in [5.74, 6) is 9.52. The van der Waals surface area contributed by atoms with E-state index in [1.807, 2.05) is 100 Å². The fraction of sp³-hybridized carbons (Fsp3) is 0.429. The molecular weight excluding hydrogens is 754 g/mol. The van der Waals surface area contributed by atoms with Gasteiger partial charge in [-0.25, -0.2) is 0 Å². The van der Waals surface area contributed by atoms with Crippen molar-refractivity contribution in [1.82, 2.24) is 5.43 Å². The van der Waals surface area contributed by atoms with Crippen LogP contribution in [0.1, 0.15) is 76.7 Å². The number of hydrogen-bond acceptors (Lipinski definition) is 15. The quantitative estimate of drug-likeness (QED) is 0.106. The molecule has 334 valence electrons. The summed E-state index contributed by atoms with van der Waals surface area (Å²) >= 11 is 0. The molecule has 3 rings (SSSR count). The van der Waals surface area contributed by atoms with Crippen LogP contribution >= 0.6 is 0 Å². The predicted octanol–water partition coefficient (Wildman–Crippen LogP) is 6.64. The number of non-ortho nitro benzene ring substituents is 2. The van der Waals surface area contributed by atoms with Crippen molar-refractivity contribution in [3.63, 3.8) is 0 Å². The highest BCUT2D eigenvalue weighted by atomic mass is 16.6. The van der Waals surface area contributed by atoms with Crippen LogP contribution in [0.15, 0.2) is 102 Å². The van der Waals surface area contributed by atoms with Gasteiger partial charge in [-0.15, -0.1) is 0 Å². The molecule has 0 radical (unpaired) electrons. The number of ketones is 1. The number of nitro benzene ring substituents is 2. The van der Waals surface area contributed by atoms with Gasteiger partial charge in [0.15, 0.2) is 21.1 Å². The molecule has 0 heterocycles. The van der Waals surface area contributed by atoms with Gasteiger partial charge in [0.25, 0.3) is 11.4 Å². The van der Waals surface area contributed by atoms with Crippen molar-refractivity contribution in [1.29, 1.82) is 0 Å². The van der Waals surface area contributed by atoms with E-state index in [1.165, 1.54) is 38.5 Å². The Kier molecular flexibility index (Phi) is 110. The maximum Gasteiger partial charge on any atom is 0.276 e. The third-order valence-corrected chi connectivity index (χ3v) is 2.84. The number of nitrogens with one attached hydrogen (secondary N) is 1. The Morgan fingerprint density at radius 3 is 0.807 bits per heavy atom. The molecule has 0 fully saturated rings. The van der Waals surface area contributed by atoms with E-state index in [1.54, 1.807) is 7.05 Å². The summed E-state index contributed by atoms with van der Waals surface area (Å²) in [4.78, 5) is 53.3. The van der Waals surface area contributed by atoms with Crippen LogP contribution in [0.4, 0.5) is 11.4 Å². The molecule has 0 unspecified atom stereocenters. The molecule has 22 heteroatoms. The lowest BCUT2D eigenvalue weighted by molar-refractivity contribution is -0.445. The number of nitrogens with two attached hydrogens (primary N) is 2. The van der Waals surface area contributed by atoms with Crippen LogP contribution in [0.3, 0.4) is 0 Å². The van der Waals surface area contributed by atoms with E-state index in [0.29, 0.717) is 0 Å². The highest BCUT2D eigenvalue weighted by Crippen LogP contribution is 2.18. The molecule has 0 bridgehead atoms. The molecule has 0 aliphatic carbocycles. The Bertz CT molecular complexity index is 1110. The van der Waals surface area contributed by atoms with Crippen molar-refractivity contribution in [2.45, 2.75) is 76.7 Å². The van der Waals surface area contributed by atoms with Crippen molar-refractivity contribution < 1.29 is 40.4 Å². The second-order valence-corrected chi connectivity index (χ2v) is 8.64. The maximum absolute atomic E-state index is 10.2. The average molecular weight is 826 g/mol. The number of Topliss-reactive ketones (excluding diaryl/α,β-unsaturated/α-hetero) is 1. The van der Waals surface area contributed by atoms with Crippen LogP contribution in [0, 0.1) is 50.6 Å². The zero-order valence-electron chi connectivity index (χ0n) is 33.8. The molecule has 3 aromatic rings. The van der Waals surface area contributed by atoms with E-state index < -0.39 is 24.6 Å². The number of rotatable bonds is 2. The first-order valence-corrected chi connectivity index (χ1v) is 15.3. The molecule has 57 heavy (non-hydrogen) atoms. The number of nitro groups is 5. The molecule has 0 atom stereocenters. The van der Waals surface area contributed by atoms with Crippen LogP contribution in [-0.2, 0) is 4.79 Å². The molecule has 0 amide bonds. The van der Waals surface area contributed by atoms with Gasteiger partial charge in [-0.05, 0) is 40.8 Å². The minimum absolute atomic E-state index is 0. The van der Waals surface area contributed by atoms with Crippen molar-refractivity contribution >= 4 is 22.9 Å². The van der Waals surface area contributed by atoms with Gasteiger partial charge in [0, 0.05) is 32.6 Å². The zero-order valence-corrected chi connectivity index (χ0v) is 33.8. The summed E-state index contributed by atoms with van der Waals surface area (Å²) in [5, 5.41) is 50.0. The van der Waals surface area contributed by atoms with Gasteiger partial charge >= 0.3 is 0 Å². The van der Waals surface area contributed by atoms with Gasteiger partial charge in [0.05, 0.1) is 15.9 Å². The number of hydrogen-bond donors (Lipinski definition) is 3. The van der Waals surface area contributed by atoms with Gasteiger partial charge in [-0.2, -0.15) is 5.10 Å². The molecule has 22 nitrogen and oxygen atoms in total. The monoisotopic (exact) mass is 826 g/mol. The van der Waals surface area contributed by atoms with Crippen LogP contribution in [0.25, 0.3) is 0 Å². The van der Waals surface area contributed by atoms with Crippen molar-refractivity contribution in [3.05, 3.63) is 148 Å². The second-order valence-electron chi connectivity index (χ2n) is 8.64. The van der Waals surface area contributed by atoms with E-state index in [-0.39, 0.29) is 43.0 Å². The van der Waals surface area contributed by atoms with E-state index in [4.69, 9.17) is 36.2 Å². The zero-order chi connectivity index (χ0) is 43.6. The Labute approximate surface area is 337 Å². The summed E-state index contributed by atoms with van der Waals surface area (Å²) in [7, 11) is 4.32.